The fraction of sp³-hybridized carbons (Fsp3) is 0.0909. The number of nitrogens with one attached hydrogen (secondary N) is 2. The van der Waals surface area contributed by atoms with Crippen molar-refractivity contribution in [2.75, 3.05) is 0 Å². The predicted molar refractivity (Wildman–Crippen MR) is 114 cm³/mol. The third-order valence-corrected chi connectivity index (χ3v) is 4.26. The summed E-state index contributed by atoms with van der Waals surface area (Å²) in [5.41, 5.74) is 8.81. The number of nitrogens with zero attached hydrogens (tertiary/aromatic N) is 4. The van der Waals surface area contributed by atoms with Crippen LogP contribution in [0.25, 0.3) is 0 Å². The summed E-state index contributed by atoms with van der Waals surface area (Å²) in [4.78, 5) is 32.4. The third-order valence-electron chi connectivity index (χ3n) is 4.26. The molecule has 2 amide bonds. The van der Waals surface area contributed by atoms with Crippen molar-refractivity contribution in [2.24, 2.45) is 10.2 Å². The number of carbonyl (C=O) groups is 2. The maximum Gasteiger partial charge on any atom is 0.271 e. The molecule has 0 radical (unpaired) electrons. The van der Waals surface area contributed by atoms with Crippen molar-refractivity contribution in [1.29, 1.82) is 0 Å². The van der Waals surface area contributed by atoms with Gasteiger partial charge >= 0.3 is 0 Å². The Hall–Kier alpha value is -4.20. The quantitative estimate of drug-likeness (QED) is 0.490. The van der Waals surface area contributed by atoms with Gasteiger partial charge in [-0.15, -0.1) is 0 Å². The number of amides is 2. The summed E-state index contributed by atoms with van der Waals surface area (Å²) < 4.78 is 0. The van der Waals surface area contributed by atoms with Crippen LogP contribution < -0.4 is 10.9 Å². The van der Waals surface area contributed by atoms with Crippen LogP contribution in [0.1, 0.15) is 45.7 Å². The zero-order chi connectivity index (χ0) is 21.3. The van der Waals surface area contributed by atoms with Crippen molar-refractivity contribution in [2.45, 2.75) is 13.8 Å². The van der Waals surface area contributed by atoms with Crippen LogP contribution in [0, 0.1) is 0 Å². The van der Waals surface area contributed by atoms with E-state index in [1.807, 2.05) is 0 Å². The highest BCUT2D eigenvalue weighted by molar-refractivity contribution is 6.02. The second-order valence-electron chi connectivity index (χ2n) is 6.33. The number of pyridine rings is 2. The molecular weight excluding hydrogens is 380 g/mol. The molecule has 0 fully saturated rings. The lowest BCUT2D eigenvalue weighted by Crippen LogP contribution is -2.21. The van der Waals surface area contributed by atoms with E-state index in [0.717, 1.165) is 11.1 Å². The lowest BCUT2D eigenvalue weighted by molar-refractivity contribution is 0.0943. The average molecular weight is 400 g/mol. The van der Waals surface area contributed by atoms with Crippen molar-refractivity contribution in [3.63, 3.8) is 0 Å². The molecule has 0 saturated carbocycles. The second kappa shape index (κ2) is 9.83. The maximum atomic E-state index is 12.3. The molecule has 2 aromatic heterocycles. The van der Waals surface area contributed by atoms with Crippen molar-refractivity contribution in [1.82, 2.24) is 20.8 Å². The Morgan fingerprint density at radius 1 is 0.600 bits per heavy atom. The molecule has 2 N–H and O–H groups in total. The average Bonchev–Trinajstić information content (AvgIpc) is 2.81. The van der Waals surface area contributed by atoms with Crippen molar-refractivity contribution < 1.29 is 9.59 Å². The first-order valence-corrected chi connectivity index (χ1v) is 9.14. The Morgan fingerprint density at radius 2 is 0.933 bits per heavy atom. The Bertz CT molecular complexity index is 989. The van der Waals surface area contributed by atoms with E-state index in [9.17, 15) is 9.59 Å². The summed E-state index contributed by atoms with van der Waals surface area (Å²) in [5, 5.41) is 8.19. The molecule has 0 saturated heterocycles. The van der Waals surface area contributed by atoms with Gasteiger partial charge in [-0.05, 0) is 62.4 Å². The standard InChI is InChI=1S/C22H20N6O2/c1-15(17-7-11-23-12-8-17)25-27-21(29)19-3-5-20(6-4-19)22(30)28-26-16(2)18-9-13-24-14-10-18/h3-14H,1-2H3,(H,27,29)(H,28,30)/b25-15+,26-16+. The Labute approximate surface area is 173 Å². The van der Waals surface area contributed by atoms with Crippen LogP contribution in [-0.4, -0.2) is 33.2 Å². The van der Waals surface area contributed by atoms with Gasteiger partial charge in [-0.2, -0.15) is 10.2 Å². The van der Waals surface area contributed by atoms with E-state index >= 15 is 0 Å². The van der Waals surface area contributed by atoms with Crippen LogP contribution in [0.15, 0.2) is 83.5 Å². The first-order chi connectivity index (χ1) is 14.5. The van der Waals surface area contributed by atoms with Gasteiger partial charge < -0.3 is 0 Å². The van der Waals surface area contributed by atoms with E-state index < -0.39 is 0 Å². The number of hydrogen-bond acceptors (Lipinski definition) is 6. The van der Waals surface area contributed by atoms with Crippen LogP contribution in [0.3, 0.4) is 0 Å². The van der Waals surface area contributed by atoms with E-state index in [1.54, 1.807) is 87.2 Å². The minimum Gasteiger partial charge on any atom is -0.267 e. The van der Waals surface area contributed by atoms with Crippen LogP contribution in [0.4, 0.5) is 0 Å². The van der Waals surface area contributed by atoms with E-state index in [0.29, 0.717) is 22.6 Å². The van der Waals surface area contributed by atoms with Gasteiger partial charge in [-0.25, -0.2) is 10.9 Å². The Morgan fingerprint density at radius 3 is 1.27 bits per heavy atom. The van der Waals surface area contributed by atoms with Crippen molar-refractivity contribution in [3.05, 3.63) is 95.6 Å². The predicted octanol–water partition coefficient (Wildman–Crippen LogP) is 2.78. The summed E-state index contributed by atoms with van der Waals surface area (Å²) >= 11 is 0. The van der Waals surface area contributed by atoms with Gasteiger partial charge in [0.15, 0.2) is 0 Å². The summed E-state index contributed by atoms with van der Waals surface area (Å²) in [6.07, 6.45) is 6.62. The normalized spacial score (nSPS) is 11.7. The minimum atomic E-state index is -0.373. The SMILES string of the molecule is C/C(=N\NC(=O)c1ccc(C(=O)N/N=C(\C)c2ccncc2)cc1)c1ccncc1. The lowest BCUT2D eigenvalue weighted by atomic mass is 10.1. The minimum absolute atomic E-state index is 0.373. The zero-order valence-electron chi connectivity index (χ0n) is 16.5. The number of aromatic nitrogens is 2. The molecular formula is C22H20N6O2. The van der Waals surface area contributed by atoms with Gasteiger partial charge in [-0.1, -0.05) is 0 Å². The molecule has 1 aromatic carbocycles. The zero-order valence-corrected chi connectivity index (χ0v) is 16.5. The smallest absolute Gasteiger partial charge is 0.267 e. The molecule has 0 aliphatic rings. The lowest BCUT2D eigenvalue weighted by Gasteiger charge is -2.05. The van der Waals surface area contributed by atoms with Gasteiger partial charge in [0.1, 0.15) is 0 Å². The van der Waals surface area contributed by atoms with Crippen LogP contribution in [0.5, 0.6) is 0 Å². The van der Waals surface area contributed by atoms with E-state index in [4.69, 9.17) is 0 Å². The Balaban J connectivity index is 1.60. The van der Waals surface area contributed by atoms with E-state index in [-0.39, 0.29) is 11.8 Å². The van der Waals surface area contributed by atoms with Gasteiger partial charge in [0.05, 0.1) is 11.4 Å². The molecule has 0 unspecified atom stereocenters. The fourth-order valence-electron chi connectivity index (χ4n) is 2.49. The molecule has 8 nitrogen and oxygen atoms in total. The monoisotopic (exact) mass is 400 g/mol. The highest BCUT2D eigenvalue weighted by Gasteiger charge is 2.09. The molecule has 3 aromatic rings. The van der Waals surface area contributed by atoms with Crippen LogP contribution >= 0.6 is 0 Å². The van der Waals surface area contributed by atoms with Crippen LogP contribution in [0.2, 0.25) is 0 Å². The molecule has 150 valence electrons. The van der Waals surface area contributed by atoms with E-state index in [2.05, 4.69) is 31.0 Å². The van der Waals surface area contributed by atoms with Gasteiger partial charge in [0.25, 0.3) is 11.8 Å². The van der Waals surface area contributed by atoms with Gasteiger partial charge in [0.2, 0.25) is 0 Å². The first kappa shape index (κ1) is 20.5. The molecule has 3 rings (SSSR count). The summed E-state index contributed by atoms with van der Waals surface area (Å²) in [6.45, 7) is 3.58. The number of rotatable bonds is 6. The topological polar surface area (TPSA) is 109 Å². The highest BCUT2D eigenvalue weighted by atomic mass is 16.2. The molecule has 30 heavy (non-hydrogen) atoms. The molecule has 2 heterocycles. The molecule has 0 spiro atoms. The third kappa shape index (κ3) is 5.41. The number of hydrazone groups is 2. The van der Waals surface area contributed by atoms with Crippen LogP contribution in [-0.2, 0) is 0 Å². The Kier molecular flexibility index (Phi) is 6.73. The molecule has 0 atom stereocenters. The maximum absolute atomic E-state index is 12.3. The fourth-order valence-corrected chi connectivity index (χ4v) is 2.49. The molecule has 0 aliphatic carbocycles. The van der Waals surface area contributed by atoms with Gasteiger partial charge in [-0.3, -0.25) is 19.6 Å². The van der Waals surface area contributed by atoms with Crippen molar-refractivity contribution in [3.8, 4) is 0 Å². The number of benzene rings is 1. The molecule has 0 bridgehead atoms. The number of hydrogen-bond donors (Lipinski definition) is 2. The van der Waals surface area contributed by atoms with Gasteiger partial charge in [0, 0.05) is 47.0 Å². The molecule has 0 aliphatic heterocycles. The first-order valence-electron chi connectivity index (χ1n) is 9.14. The van der Waals surface area contributed by atoms with Crippen molar-refractivity contribution >= 4 is 23.2 Å². The largest absolute Gasteiger partial charge is 0.271 e. The summed E-state index contributed by atoms with van der Waals surface area (Å²) in [7, 11) is 0. The molecule has 8 heteroatoms. The highest BCUT2D eigenvalue weighted by Crippen LogP contribution is 2.06. The number of carbonyl (C=O) groups excluding carboxylic acids is 2. The summed E-state index contributed by atoms with van der Waals surface area (Å²) in [5.74, 6) is -0.746. The summed E-state index contributed by atoms with van der Waals surface area (Å²) in [6, 6.07) is 13.4. The second-order valence-corrected chi connectivity index (χ2v) is 6.33. The van der Waals surface area contributed by atoms with E-state index in [1.165, 1.54) is 0 Å².